The third-order valence-corrected chi connectivity index (χ3v) is 2.87. The quantitative estimate of drug-likeness (QED) is 0.753. The molecular weight excluding hydrogens is 190 g/mol. The summed E-state index contributed by atoms with van der Waals surface area (Å²) in [6, 6.07) is 7.19. The summed E-state index contributed by atoms with van der Waals surface area (Å²) in [4.78, 5) is 11.5. The van der Waals surface area contributed by atoms with Gasteiger partial charge in [-0.25, -0.2) is 5.06 Å². The van der Waals surface area contributed by atoms with Gasteiger partial charge in [0.15, 0.2) is 5.78 Å². The van der Waals surface area contributed by atoms with Gasteiger partial charge in [0.05, 0.1) is 5.69 Å². The molecule has 0 radical (unpaired) electrons. The third-order valence-electron chi connectivity index (χ3n) is 2.87. The number of aryl methyl sites for hydroxylation is 1. The van der Waals surface area contributed by atoms with E-state index in [0.717, 1.165) is 23.5 Å². The average molecular weight is 205 g/mol. The van der Waals surface area contributed by atoms with Crippen LogP contribution < -0.4 is 5.06 Å². The van der Waals surface area contributed by atoms with Crippen molar-refractivity contribution >= 4 is 11.5 Å². The fourth-order valence-corrected chi connectivity index (χ4v) is 1.93. The number of carbonyl (C=O) groups excluding carboxylic acids is 1. The monoisotopic (exact) mass is 205 g/mol. The van der Waals surface area contributed by atoms with E-state index in [1.807, 2.05) is 31.2 Å². The van der Waals surface area contributed by atoms with Gasteiger partial charge in [-0.2, -0.15) is 0 Å². The van der Waals surface area contributed by atoms with Crippen LogP contribution in [0, 0.1) is 6.92 Å². The number of ketones is 1. The Morgan fingerprint density at radius 1 is 1.33 bits per heavy atom. The van der Waals surface area contributed by atoms with Gasteiger partial charge in [0.25, 0.3) is 0 Å². The van der Waals surface area contributed by atoms with Gasteiger partial charge in [0, 0.05) is 6.42 Å². The first-order valence-electron chi connectivity index (χ1n) is 5.26. The molecule has 0 aliphatic heterocycles. The second-order valence-corrected chi connectivity index (χ2v) is 4.05. The lowest BCUT2D eigenvalue weighted by Gasteiger charge is -2.22. The maximum absolute atomic E-state index is 11.5. The van der Waals surface area contributed by atoms with E-state index in [-0.39, 0.29) is 11.8 Å². The van der Waals surface area contributed by atoms with Gasteiger partial charge in [-0.1, -0.05) is 17.7 Å². The van der Waals surface area contributed by atoms with E-state index in [2.05, 4.69) is 0 Å². The molecule has 1 aliphatic rings. The van der Waals surface area contributed by atoms with Crippen LogP contribution in [-0.4, -0.2) is 17.0 Å². The third kappa shape index (κ3) is 2.02. The first-order valence-corrected chi connectivity index (χ1v) is 5.26. The van der Waals surface area contributed by atoms with E-state index in [4.69, 9.17) is 0 Å². The highest BCUT2D eigenvalue weighted by Gasteiger charge is 2.29. The van der Waals surface area contributed by atoms with Crippen LogP contribution >= 0.6 is 0 Å². The van der Waals surface area contributed by atoms with Crippen LogP contribution in [0.2, 0.25) is 0 Å². The van der Waals surface area contributed by atoms with Crippen LogP contribution in [0.25, 0.3) is 0 Å². The molecule has 1 N–H and O–H groups in total. The van der Waals surface area contributed by atoms with Crippen molar-refractivity contribution < 1.29 is 10.0 Å². The van der Waals surface area contributed by atoms with Crippen LogP contribution in [0.3, 0.4) is 0 Å². The Morgan fingerprint density at radius 2 is 2.00 bits per heavy atom. The molecule has 3 nitrogen and oxygen atoms in total. The molecular formula is C12H15NO2. The second-order valence-electron chi connectivity index (χ2n) is 4.05. The fraction of sp³-hybridized carbons (Fsp3) is 0.417. The molecule has 1 unspecified atom stereocenters. The van der Waals surface area contributed by atoms with Crippen LogP contribution in [-0.2, 0) is 4.79 Å². The molecule has 3 heteroatoms. The number of benzene rings is 1. The molecule has 0 bridgehead atoms. The van der Waals surface area contributed by atoms with E-state index in [1.54, 1.807) is 0 Å². The molecule has 1 atom stereocenters. The van der Waals surface area contributed by atoms with Gasteiger partial charge in [-0.05, 0) is 31.9 Å². The lowest BCUT2D eigenvalue weighted by Crippen LogP contribution is -2.35. The highest BCUT2D eigenvalue weighted by atomic mass is 16.5. The molecule has 0 aromatic heterocycles. The highest BCUT2D eigenvalue weighted by molar-refractivity contribution is 5.88. The molecule has 0 saturated heterocycles. The van der Waals surface area contributed by atoms with Crippen LogP contribution in [0.5, 0.6) is 0 Å². The summed E-state index contributed by atoms with van der Waals surface area (Å²) in [5.41, 5.74) is 1.84. The summed E-state index contributed by atoms with van der Waals surface area (Å²) in [7, 11) is 0. The zero-order valence-corrected chi connectivity index (χ0v) is 8.81. The van der Waals surface area contributed by atoms with Crippen molar-refractivity contribution in [1.82, 2.24) is 0 Å². The fourth-order valence-electron chi connectivity index (χ4n) is 1.93. The van der Waals surface area contributed by atoms with Crippen LogP contribution in [0.4, 0.5) is 5.69 Å². The Hall–Kier alpha value is -1.35. The predicted molar refractivity (Wildman–Crippen MR) is 58.1 cm³/mol. The van der Waals surface area contributed by atoms with Gasteiger partial charge in [-0.3, -0.25) is 10.0 Å². The number of hydrogen-bond acceptors (Lipinski definition) is 3. The van der Waals surface area contributed by atoms with Gasteiger partial charge in [0.1, 0.15) is 6.04 Å². The second kappa shape index (κ2) is 4.03. The summed E-state index contributed by atoms with van der Waals surface area (Å²) < 4.78 is 0. The molecule has 1 fully saturated rings. The number of hydrogen-bond donors (Lipinski definition) is 1. The number of rotatable bonds is 2. The van der Waals surface area contributed by atoms with Crippen molar-refractivity contribution in [3.05, 3.63) is 29.8 Å². The summed E-state index contributed by atoms with van der Waals surface area (Å²) >= 11 is 0. The molecule has 2 rings (SSSR count). The van der Waals surface area contributed by atoms with Crippen molar-refractivity contribution in [1.29, 1.82) is 0 Å². The number of anilines is 1. The predicted octanol–water partition coefficient (Wildman–Crippen LogP) is 2.31. The van der Waals surface area contributed by atoms with Crippen molar-refractivity contribution in [2.24, 2.45) is 0 Å². The first kappa shape index (κ1) is 10.2. The summed E-state index contributed by atoms with van der Waals surface area (Å²) in [5, 5.41) is 11.0. The van der Waals surface area contributed by atoms with Crippen molar-refractivity contribution in [3.8, 4) is 0 Å². The molecule has 1 aliphatic carbocycles. The zero-order chi connectivity index (χ0) is 10.8. The lowest BCUT2D eigenvalue weighted by atomic mass is 10.2. The summed E-state index contributed by atoms with van der Waals surface area (Å²) in [6.45, 7) is 1.99. The summed E-state index contributed by atoms with van der Waals surface area (Å²) in [5.74, 6) is 0.137. The van der Waals surface area contributed by atoms with Crippen LogP contribution in [0.15, 0.2) is 24.3 Å². The van der Waals surface area contributed by atoms with Gasteiger partial charge in [-0.15, -0.1) is 0 Å². The standard InChI is InChI=1S/C12H15NO2/c1-9-5-7-10(8-6-9)13(15)11-3-2-4-12(11)14/h5-8,11,15H,2-4H2,1H3. The van der Waals surface area contributed by atoms with E-state index in [1.165, 1.54) is 0 Å². The number of hydroxylamine groups is 1. The lowest BCUT2D eigenvalue weighted by molar-refractivity contribution is -0.119. The van der Waals surface area contributed by atoms with E-state index in [9.17, 15) is 10.0 Å². The minimum absolute atomic E-state index is 0.137. The Bertz CT molecular complexity index is 358. The molecule has 1 saturated carbocycles. The average Bonchev–Trinajstić information content (AvgIpc) is 2.65. The molecule has 0 spiro atoms. The minimum atomic E-state index is -0.340. The molecule has 80 valence electrons. The molecule has 1 aromatic rings. The van der Waals surface area contributed by atoms with Crippen LogP contribution in [0.1, 0.15) is 24.8 Å². The Morgan fingerprint density at radius 3 is 2.53 bits per heavy atom. The maximum atomic E-state index is 11.5. The van der Waals surface area contributed by atoms with Gasteiger partial charge in [0.2, 0.25) is 0 Å². The van der Waals surface area contributed by atoms with Crippen molar-refractivity contribution in [2.45, 2.75) is 32.2 Å². The Balaban J connectivity index is 2.16. The Kier molecular flexibility index (Phi) is 2.73. The van der Waals surface area contributed by atoms with E-state index >= 15 is 0 Å². The minimum Gasteiger partial charge on any atom is -0.297 e. The SMILES string of the molecule is Cc1ccc(N(O)C2CCCC2=O)cc1. The molecule has 0 heterocycles. The molecule has 0 amide bonds. The highest BCUT2D eigenvalue weighted by Crippen LogP contribution is 2.24. The Labute approximate surface area is 89.3 Å². The normalized spacial score (nSPS) is 20.7. The topological polar surface area (TPSA) is 40.5 Å². The van der Waals surface area contributed by atoms with Gasteiger partial charge < -0.3 is 0 Å². The van der Waals surface area contributed by atoms with E-state index < -0.39 is 0 Å². The maximum Gasteiger partial charge on any atom is 0.157 e. The number of carbonyl (C=O) groups is 1. The van der Waals surface area contributed by atoms with E-state index in [0.29, 0.717) is 12.1 Å². The first-order chi connectivity index (χ1) is 7.18. The van der Waals surface area contributed by atoms with Crippen molar-refractivity contribution in [2.75, 3.05) is 5.06 Å². The molecule has 15 heavy (non-hydrogen) atoms. The zero-order valence-electron chi connectivity index (χ0n) is 8.81. The summed E-state index contributed by atoms with van der Waals surface area (Å²) in [6.07, 6.45) is 2.23. The smallest absolute Gasteiger partial charge is 0.157 e. The molecule has 1 aromatic carbocycles. The van der Waals surface area contributed by atoms with Crippen molar-refractivity contribution in [3.63, 3.8) is 0 Å². The number of nitrogens with zero attached hydrogens (tertiary/aromatic N) is 1. The van der Waals surface area contributed by atoms with Gasteiger partial charge >= 0.3 is 0 Å². The number of Topliss-reactive ketones (excluding diaryl/α,β-unsaturated/α-hetero) is 1. The largest absolute Gasteiger partial charge is 0.297 e.